The Hall–Kier alpha value is -0.545. The summed E-state index contributed by atoms with van der Waals surface area (Å²) in [6.45, 7) is 3.86. The molecular formula is C12H27BN2O2. The molecule has 0 aromatic rings. The number of nitrogens with two attached hydrogens (primary N) is 1. The van der Waals surface area contributed by atoms with Crippen molar-refractivity contribution >= 4 is 13.8 Å². The molecule has 0 aliphatic carbocycles. The maximum atomic E-state index is 11.2. The van der Waals surface area contributed by atoms with E-state index in [0.717, 1.165) is 38.7 Å². The molecule has 0 saturated heterocycles. The second-order valence-corrected chi connectivity index (χ2v) is 4.97. The Kier molecular flexibility index (Phi) is 8.26. The molecule has 0 bridgehead atoms. The molecule has 0 unspecified atom stereocenters. The summed E-state index contributed by atoms with van der Waals surface area (Å²) in [6.07, 6.45) is 5.23. The van der Waals surface area contributed by atoms with E-state index in [1.165, 1.54) is 0 Å². The van der Waals surface area contributed by atoms with Crippen molar-refractivity contribution in [3.05, 3.63) is 0 Å². The second-order valence-electron chi connectivity index (χ2n) is 4.97. The lowest BCUT2D eigenvalue weighted by Gasteiger charge is -2.27. The first kappa shape index (κ1) is 16.5. The van der Waals surface area contributed by atoms with Crippen LogP contribution in [0.15, 0.2) is 0 Å². The Balaban J connectivity index is 4.16. The smallest absolute Gasteiger partial charge is 0.323 e. The molecule has 0 saturated carbocycles. The predicted octanol–water partition coefficient (Wildman–Crippen LogP) is 0.722. The fourth-order valence-corrected chi connectivity index (χ4v) is 1.91. The van der Waals surface area contributed by atoms with Gasteiger partial charge in [0, 0.05) is 6.54 Å². The SMILES string of the molecule is BCCCC[C@@](N)(CCN(C)CCC)C(=O)O. The van der Waals surface area contributed by atoms with Crippen LogP contribution in [0, 0.1) is 0 Å². The quantitative estimate of drug-likeness (QED) is 0.437. The van der Waals surface area contributed by atoms with Crippen LogP contribution >= 0.6 is 0 Å². The number of nitrogens with zero attached hydrogens (tertiary/aromatic N) is 1. The van der Waals surface area contributed by atoms with Gasteiger partial charge in [0.15, 0.2) is 0 Å². The highest BCUT2D eigenvalue weighted by Crippen LogP contribution is 2.17. The van der Waals surface area contributed by atoms with Gasteiger partial charge in [0.05, 0.1) is 0 Å². The van der Waals surface area contributed by atoms with Crippen LogP contribution in [-0.4, -0.2) is 49.5 Å². The van der Waals surface area contributed by atoms with Crippen LogP contribution in [0.3, 0.4) is 0 Å². The second kappa shape index (κ2) is 8.53. The molecule has 0 aromatic heterocycles. The minimum atomic E-state index is -1.04. The highest BCUT2D eigenvalue weighted by atomic mass is 16.4. The number of carboxylic acids is 1. The van der Waals surface area contributed by atoms with Crippen LogP contribution in [0.5, 0.6) is 0 Å². The lowest BCUT2D eigenvalue weighted by molar-refractivity contribution is -0.144. The van der Waals surface area contributed by atoms with Gasteiger partial charge in [-0.3, -0.25) is 4.79 Å². The minimum absolute atomic E-state index is 0.530. The van der Waals surface area contributed by atoms with Gasteiger partial charge >= 0.3 is 5.97 Å². The van der Waals surface area contributed by atoms with Gasteiger partial charge in [-0.2, -0.15) is 0 Å². The molecule has 0 fully saturated rings. The largest absolute Gasteiger partial charge is 0.480 e. The third-order valence-electron chi connectivity index (χ3n) is 3.20. The van der Waals surface area contributed by atoms with Crippen molar-refractivity contribution in [1.29, 1.82) is 0 Å². The lowest BCUT2D eigenvalue weighted by Crippen LogP contribution is -2.49. The highest BCUT2D eigenvalue weighted by Gasteiger charge is 2.32. The van der Waals surface area contributed by atoms with E-state index in [-0.39, 0.29) is 0 Å². The zero-order chi connectivity index (χ0) is 13.3. The molecule has 100 valence electrons. The van der Waals surface area contributed by atoms with Crippen LogP contribution in [0.1, 0.15) is 39.0 Å². The van der Waals surface area contributed by atoms with Crippen LogP contribution in [-0.2, 0) is 4.79 Å². The number of rotatable bonds is 10. The van der Waals surface area contributed by atoms with Crippen molar-refractivity contribution in [1.82, 2.24) is 4.90 Å². The van der Waals surface area contributed by atoms with E-state index in [0.29, 0.717) is 12.8 Å². The Morgan fingerprint density at radius 3 is 2.47 bits per heavy atom. The number of unbranched alkanes of at least 4 members (excludes halogenated alkanes) is 1. The summed E-state index contributed by atoms with van der Waals surface area (Å²) in [7, 11) is 4.12. The standard InChI is InChI=1S/C12H27BN2O2/c1-3-9-15(2)10-7-12(14,11(16)17)6-4-5-8-13/h3-10,13-14H2,1-2H3,(H,16,17)/t12-/m1/s1. The number of carbonyl (C=O) groups is 1. The summed E-state index contributed by atoms with van der Waals surface area (Å²) in [4.78, 5) is 13.4. The first-order valence-corrected chi connectivity index (χ1v) is 6.67. The molecule has 0 aliphatic rings. The number of hydrogen-bond acceptors (Lipinski definition) is 3. The molecule has 1 atom stereocenters. The molecule has 0 amide bonds. The van der Waals surface area contributed by atoms with E-state index in [2.05, 4.69) is 19.7 Å². The van der Waals surface area contributed by atoms with Crippen LogP contribution < -0.4 is 5.73 Å². The Morgan fingerprint density at radius 1 is 1.35 bits per heavy atom. The van der Waals surface area contributed by atoms with Gasteiger partial charge in [-0.05, 0) is 32.9 Å². The number of carboxylic acid groups (broad SMARTS) is 1. The third kappa shape index (κ3) is 6.69. The summed E-state index contributed by atoms with van der Waals surface area (Å²) in [6, 6.07) is 0. The van der Waals surface area contributed by atoms with Crippen molar-refractivity contribution < 1.29 is 9.90 Å². The van der Waals surface area contributed by atoms with Gasteiger partial charge < -0.3 is 15.7 Å². The molecule has 0 heterocycles. The Labute approximate surface area is 106 Å². The monoisotopic (exact) mass is 242 g/mol. The van der Waals surface area contributed by atoms with Gasteiger partial charge in [0.2, 0.25) is 0 Å². The topological polar surface area (TPSA) is 66.6 Å². The minimum Gasteiger partial charge on any atom is -0.480 e. The van der Waals surface area contributed by atoms with Crippen LogP contribution in [0.2, 0.25) is 6.32 Å². The first-order chi connectivity index (χ1) is 7.96. The predicted molar refractivity (Wildman–Crippen MR) is 74.2 cm³/mol. The maximum Gasteiger partial charge on any atom is 0.323 e. The van der Waals surface area contributed by atoms with Crippen molar-refractivity contribution in [2.75, 3.05) is 20.1 Å². The molecule has 0 aromatic carbocycles. The number of hydrogen-bond donors (Lipinski definition) is 2. The Morgan fingerprint density at radius 2 is 2.00 bits per heavy atom. The van der Waals surface area contributed by atoms with E-state index in [1.54, 1.807) is 0 Å². The maximum absolute atomic E-state index is 11.2. The molecule has 0 spiro atoms. The summed E-state index contributed by atoms with van der Waals surface area (Å²) in [5.41, 5.74) is 4.96. The van der Waals surface area contributed by atoms with Crippen LogP contribution in [0.4, 0.5) is 0 Å². The first-order valence-electron chi connectivity index (χ1n) is 6.67. The molecule has 0 aliphatic heterocycles. The highest BCUT2D eigenvalue weighted by molar-refractivity contribution is 6.08. The molecule has 3 N–H and O–H groups in total. The Bertz CT molecular complexity index is 227. The van der Waals surface area contributed by atoms with Crippen molar-refractivity contribution in [3.8, 4) is 0 Å². The average molecular weight is 242 g/mol. The molecular weight excluding hydrogens is 215 g/mol. The van der Waals surface area contributed by atoms with Gasteiger partial charge in [-0.25, -0.2) is 0 Å². The number of aliphatic carboxylic acids is 1. The van der Waals surface area contributed by atoms with Crippen molar-refractivity contribution in [2.45, 2.75) is 50.9 Å². The molecule has 4 nitrogen and oxygen atoms in total. The van der Waals surface area contributed by atoms with Gasteiger partial charge in [-0.1, -0.05) is 26.1 Å². The molecule has 5 heteroatoms. The van der Waals surface area contributed by atoms with E-state index < -0.39 is 11.5 Å². The van der Waals surface area contributed by atoms with E-state index in [1.807, 2.05) is 7.05 Å². The fourth-order valence-electron chi connectivity index (χ4n) is 1.91. The average Bonchev–Trinajstić information content (AvgIpc) is 2.27. The summed E-state index contributed by atoms with van der Waals surface area (Å²) < 4.78 is 0. The normalized spacial score (nSPS) is 14.8. The van der Waals surface area contributed by atoms with E-state index in [4.69, 9.17) is 5.73 Å². The van der Waals surface area contributed by atoms with Gasteiger partial charge in [0.1, 0.15) is 13.4 Å². The lowest BCUT2D eigenvalue weighted by atomic mass is 9.88. The third-order valence-corrected chi connectivity index (χ3v) is 3.20. The zero-order valence-corrected chi connectivity index (χ0v) is 11.5. The zero-order valence-electron chi connectivity index (χ0n) is 11.5. The summed E-state index contributed by atoms with van der Waals surface area (Å²) in [5.74, 6) is -0.862. The molecule has 0 rings (SSSR count). The molecule has 0 radical (unpaired) electrons. The summed E-state index contributed by atoms with van der Waals surface area (Å²) in [5, 5.41) is 9.23. The van der Waals surface area contributed by atoms with Crippen LogP contribution in [0.25, 0.3) is 0 Å². The van der Waals surface area contributed by atoms with Gasteiger partial charge in [-0.15, -0.1) is 0 Å². The van der Waals surface area contributed by atoms with E-state index in [9.17, 15) is 9.90 Å². The summed E-state index contributed by atoms with van der Waals surface area (Å²) >= 11 is 0. The van der Waals surface area contributed by atoms with E-state index >= 15 is 0 Å². The fraction of sp³-hybridized carbons (Fsp3) is 0.917. The van der Waals surface area contributed by atoms with Crippen molar-refractivity contribution in [3.63, 3.8) is 0 Å². The van der Waals surface area contributed by atoms with Crippen molar-refractivity contribution in [2.24, 2.45) is 5.73 Å². The molecule has 17 heavy (non-hydrogen) atoms. The van der Waals surface area contributed by atoms with Gasteiger partial charge in [0.25, 0.3) is 0 Å².